The van der Waals surface area contributed by atoms with Crippen LogP contribution in [0.2, 0.25) is 0 Å². The lowest BCUT2D eigenvalue weighted by atomic mass is 10.1. The maximum Gasteiger partial charge on any atom is 0.418 e. The molecule has 2 N–H and O–H groups in total. The van der Waals surface area contributed by atoms with Crippen LogP contribution in [0.15, 0.2) is 24.3 Å². The Morgan fingerprint density at radius 2 is 2.00 bits per heavy atom. The highest BCUT2D eigenvalue weighted by Gasteiger charge is 2.34. The molecule has 0 bridgehead atoms. The fraction of sp³-hybridized carbons (Fsp3) is 0.308. The Morgan fingerprint density at radius 1 is 1.29 bits per heavy atom. The zero-order valence-electron chi connectivity index (χ0n) is 10.7. The number of hydrogen-bond donors (Lipinski definition) is 2. The third-order valence-corrected chi connectivity index (χ3v) is 3.15. The smallest absolute Gasteiger partial charge is 0.319 e. The average Bonchev–Trinajstić information content (AvgIpc) is 3.15. The fourth-order valence-corrected chi connectivity index (χ4v) is 1.93. The zero-order valence-corrected chi connectivity index (χ0v) is 10.7. The minimum absolute atomic E-state index is 0.158. The molecule has 1 amide bonds. The number of benzene rings is 1. The van der Waals surface area contributed by atoms with Crippen LogP contribution in [0.1, 0.15) is 40.8 Å². The van der Waals surface area contributed by atoms with Crippen molar-refractivity contribution in [2.24, 2.45) is 0 Å². The second-order valence-electron chi connectivity index (χ2n) is 4.82. The minimum atomic E-state index is -4.54. The molecule has 2 aromatic rings. The second-order valence-corrected chi connectivity index (χ2v) is 4.82. The molecule has 5 nitrogen and oxygen atoms in total. The lowest BCUT2D eigenvalue weighted by Gasteiger charge is -2.12. The molecule has 1 fully saturated rings. The molecule has 0 aliphatic heterocycles. The van der Waals surface area contributed by atoms with Crippen LogP contribution in [0, 0.1) is 0 Å². The lowest BCUT2D eigenvalue weighted by Crippen LogP contribution is -2.17. The van der Waals surface area contributed by atoms with Crippen LogP contribution < -0.4 is 5.32 Å². The molecule has 1 aromatic heterocycles. The summed E-state index contributed by atoms with van der Waals surface area (Å²) < 4.78 is 38.5. The van der Waals surface area contributed by atoms with Gasteiger partial charge in [-0.05, 0) is 25.0 Å². The van der Waals surface area contributed by atoms with Gasteiger partial charge in [0.05, 0.1) is 11.3 Å². The molecule has 110 valence electrons. The molecule has 0 radical (unpaired) electrons. The number of para-hydroxylation sites is 1. The summed E-state index contributed by atoms with van der Waals surface area (Å²) in [5, 5.41) is 8.57. The quantitative estimate of drug-likeness (QED) is 0.914. The molecule has 0 saturated heterocycles. The molecule has 8 heteroatoms. The predicted octanol–water partition coefficient (Wildman–Crippen LogP) is 2.95. The van der Waals surface area contributed by atoms with Gasteiger partial charge in [-0.2, -0.15) is 13.2 Å². The molecule has 1 heterocycles. The number of halogens is 3. The van der Waals surface area contributed by atoms with Crippen molar-refractivity contribution >= 4 is 11.6 Å². The van der Waals surface area contributed by atoms with E-state index in [1.165, 1.54) is 18.2 Å². The van der Waals surface area contributed by atoms with Crippen molar-refractivity contribution < 1.29 is 18.0 Å². The molecule has 21 heavy (non-hydrogen) atoms. The summed E-state index contributed by atoms with van der Waals surface area (Å²) in [5.41, 5.74) is -1.22. The normalized spacial score (nSPS) is 15.0. The molecular weight excluding hydrogens is 285 g/mol. The van der Waals surface area contributed by atoms with E-state index >= 15 is 0 Å². The first-order valence-electron chi connectivity index (χ1n) is 6.35. The lowest BCUT2D eigenvalue weighted by molar-refractivity contribution is -0.136. The van der Waals surface area contributed by atoms with Gasteiger partial charge in [0, 0.05) is 5.92 Å². The third-order valence-electron chi connectivity index (χ3n) is 3.15. The number of aromatic nitrogens is 3. The number of carbonyl (C=O) groups is 1. The van der Waals surface area contributed by atoms with Crippen LogP contribution in [0.4, 0.5) is 18.9 Å². The van der Waals surface area contributed by atoms with Gasteiger partial charge in [-0.3, -0.25) is 9.89 Å². The van der Waals surface area contributed by atoms with Crippen LogP contribution in [0.3, 0.4) is 0 Å². The number of amides is 1. The number of nitrogens with one attached hydrogen (secondary N) is 2. The van der Waals surface area contributed by atoms with E-state index in [2.05, 4.69) is 20.5 Å². The standard InChI is InChI=1S/C13H11F3N4O/c14-13(15,16)8-3-1-2-4-9(8)17-12(21)11-18-10(19-20-11)7-5-6-7/h1-4,7H,5-6H2,(H,17,21)(H,18,19,20). The Bertz CT molecular complexity index is 676. The van der Waals surface area contributed by atoms with Crippen molar-refractivity contribution in [3.05, 3.63) is 41.5 Å². The van der Waals surface area contributed by atoms with Crippen LogP contribution >= 0.6 is 0 Å². The van der Waals surface area contributed by atoms with Gasteiger partial charge in [-0.15, -0.1) is 5.10 Å². The molecule has 3 rings (SSSR count). The van der Waals surface area contributed by atoms with E-state index in [0.29, 0.717) is 5.82 Å². The van der Waals surface area contributed by atoms with Gasteiger partial charge in [0.2, 0.25) is 5.82 Å². The highest BCUT2D eigenvalue weighted by Crippen LogP contribution is 2.38. The molecule has 1 aromatic carbocycles. The molecular formula is C13H11F3N4O. The molecule has 1 aliphatic carbocycles. The Balaban J connectivity index is 1.81. The van der Waals surface area contributed by atoms with Gasteiger partial charge in [0.25, 0.3) is 5.91 Å². The number of nitrogens with zero attached hydrogens (tertiary/aromatic N) is 2. The summed E-state index contributed by atoms with van der Waals surface area (Å²) in [6.07, 6.45) is -2.58. The summed E-state index contributed by atoms with van der Waals surface area (Å²) in [6, 6.07) is 4.77. The van der Waals surface area contributed by atoms with Gasteiger partial charge in [0.1, 0.15) is 5.82 Å². The van der Waals surface area contributed by atoms with Crippen molar-refractivity contribution in [1.29, 1.82) is 0 Å². The maximum absolute atomic E-state index is 12.8. The number of anilines is 1. The van der Waals surface area contributed by atoms with E-state index in [1.807, 2.05) is 0 Å². The van der Waals surface area contributed by atoms with E-state index in [1.54, 1.807) is 0 Å². The first-order valence-corrected chi connectivity index (χ1v) is 6.35. The van der Waals surface area contributed by atoms with Crippen LogP contribution in [0.5, 0.6) is 0 Å². The molecule has 0 atom stereocenters. The summed E-state index contributed by atoms with van der Waals surface area (Å²) in [7, 11) is 0. The van der Waals surface area contributed by atoms with Gasteiger partial charge in [0.15, 0.2) is 0 Å². The van der Waals surface area contributed by atoms with Crippen LogP contribution in [-0.2, 0) is 6.18 Å². The maximum atomic E-state index is 12.8. The fourth-order valence-electron chi connectivity index (χ4n) is 1.93. The van der Waals surface area contributed by atoms with Gasteiger partial charge in [-0.1, -0.05) is 12.1 Å². The van der Waals surface area contributed by atoms with E-state index in [9.17, 15) is 18.0 Å². The van der Waals surface area contributed by atoms with Crippen molar-refractivity contribution in [2.45, 2.75) is 24.9 Å². The predicted molar refractivity (Wildman–Crippen MR) is 67.8 cm³/mol. The summed E-state index contributed by atoms with van der Waals surface area (Å²) in [5.74, 6) is -0.0468. The van der Waals surface area contributed by atoms with E-state index in [0.717, 1.165) is 18.9 Å². The first kappa shape index (κ1) is 13.6. The molecule has 1 saturated carbocycles. The highest BCUT2D eigenvalue weighted by molar-refractivity contribution is 6.02. The zero-order chi connectivity index (χ0) is 15.0. The second kappa shape index (κ2) is 4.87. The largest absolute Gasteiger partial charge is 0.418 e. The van der Waals surface area contributed by atoms with Crippen molar-refractivity contribution in [1.82, 2.24) is 15.2 Å². The van der Waals surface area contributed by atoms with Gasteiger partial charge < -0.3 is 5.32 Å². The topological polar surface area (TPSA) is 70.7 Å². The third kappa shape index (κ3) is 2.88. The number of carbonyl (C=O) groups excluding carboxylic acids is 1. The summed E-state index contributed by atoms with van der Waals surface area (Å²) in [6.45, 7) is 0. The Kier molecular flexibility index (Phi) is 3.15. The van der Waals surface area contributed by atoms with Crippen LogP contribution in [0.25, 0.3) is 0 Å². The molecule has 0 spiro atoms. The number of hydrogen-bond acceptors (Lipinski definition) is 3. The number of aromatic amines is 1. The molecule has 1 aliphatic rings. The summed E-state index contributed by atoms with van der Waals surface area (Å²) in [4.78, 5) is 15.9. The van der Waals surface area contributed by atoms with E-state index < -0.39 is 17.6 Å². The Labute approximate surface area is 117 Å². The average molecular weight is 296 g/mol. The van der Waals surface area contributed by atoms with Crippen molar-refractivity contribution in [2.75, 3.05) is 5.32 Å². The van der Waals surface area contributed by atoms with E-state index in [-0.39, 0.29) is 17.4 Å². The number of alkyl halides is 3. The highest BCUT2D eigenvalue weighted by atomic mass is 19.4. The minimum Gasteiger partial charge on any atom is -0.319 e. The molecule has 0 unspecified atom stereocenters. The first-order chi connectivity index (χ1) is 9.95. The number of rotatable bonds is 3. The Morgan fingerprint density at radius 3 is 2.67 bits per heavy atom. The van der Waals surface area contributed by atoms with Gasteiger partial charge in [-0.25, -0.2) is 4.98 Å². The van der Waals surface area contributed by atoms with Crippen LogP contribution in [-0.4, -0.2) is 21.1 Å². The summed E-state index contributed by atoms with van der Waals surface area (Å²) >= 11 is 0. The van der Waals surface area contributed by atoms with Crippen molar-refractivity contribution in [3.63, 3.8) is 0 Å². The monoisotopic (exact) mass is 296 g/mol. The number of H-pyrrole nitrogens is 1. The van der Waals surface area contributed by atoms with E-state index in [4.69, 9.17) is 0 Å². The Hall–Kier alpha value is -2.38. The SMILES string of the molecule is O=C(Nc1ccccc1C(F)(F)F)c1n[nH]c(C2CC2)n1. The van der Waals surface area contributed by atoms with Gasteiger partial charge >= 0.3 is 6.18 Å². The van der Waals surface area contributed by atoms with Crippen molar-refractivity contribution in [3.8, 4) is 0 Å².